The number of carbonyl (C=O) groups is 2. The van der Waals surface area contributed by atoms with E-state index >= 15 is 0 Å². The average molecular weight is 299 g/mol. The number of thioether (sulfide) groups is 1. The Hall–Kier alpha value is -1.20. The molecule has 1 aromatic carbocycles. The number of carboxylic acid groups (broad SMARTS) is 1. The van der Waals surface area contributed by atoms with Crippen LogP contribution in [0.15, 0.2) is 24.3 Å². The summed E-state index contributed by atoms with van der Waals surface area (Å²) in [5.41, 5.74) is 0.838. The molecule has 102 valence electrons. The third kappa shape index (κ3) is 3.04. The molecule has 2 atom stereocenters. The lowest BCUT2D eigenvalue weighted by Gasteiger charge is -2.25. The molecule has 1 fully saturated rings. The van der Waals surface area contributed by atoms with Gasteiger partial charge in [-0.1, -0.05) is 29.8 Å². The first-order valence-electron chi connectivity index (χ1n) is 5.91. The van der Waals surface area contributed by atoms with Gasteiger partial charge in [0, 0.05) is 29.5 Å². The normalized spacial score (nSPS) is 22.8. The minimum atomic E-state index is -1.16. The Morgan fingerprint density at radius 3 is 2.79 bits per heavy atom. The summed E-state index contributed by atoms with van der Waals surface area (Å²) in [6.07, 6.45) is -0.167. The van der Waals surface area contributed by atoms with Crippen molar-refractivity contribution in [3.63, 3.8) is 0 Å². The van der Waals surface area contributed by atoms with Crippen molar-refractivity contribution in [1.82, 2.24) is 4.90 Å². The molecule has 1 aliphatic rings. The van der Waals surface area contributed by atoms with E-state index in [1.54, 1.807) is 11.0 Å². The summed E-state index contributed by atoms with van der Waals surface area (Å²) in [7, 11) is 0. The van der Waals surface area contributed by atoms with Crippen molar-refractivity contribution in [3.05, 3.63) is 34.9 Å². The van der Waals surface area contributed by atoms with E-state index in [9.17, 15) is 14.7 Å². The zero-order valence-corrected chi connectivity index (χ0v) is 11.9. The van der Waals surface area contributed by atoms with Gasteiger partial charge in [0.05, 0.1) is 5.25 Å². The highest BCUT2D eigenvalue weighted by Crippen LogP contribution is 2.44. The molecule has 0 aromatic heterocycles. The highest BCUT2D eigenvalue weighted by Gasteiger charge is 2.38. The van der Waals surface area contributed by atoms with Gasteiger partial charge in [0.1, 0.15) is 5.37 Å². The van der Waals surface area contributed by atoms with Crippen LogP contribution in [-0.4, -0.2) is 28.6 Å². The van der Waals surface area contributed by atoms with E-state index in [1.807, 2.05) is 25.1 Å². The van der Waals surface area contributed by atoms with E-state index < -0.39 is 5.97 Å². The summed E-state index contributed by atoms with van der Waals surface area (Å²) in [6, 6.07) is 7.30. The molecular formula is C13H13ClNO3S-. The van der Waals surface area contributed by atoms with E-state index in [0.717, 1.165) is 5.56 Å². The molecule has 0 radical (unpaired) electrons. The predicted octanol–water partition coefficient (Wildman–Crippen LogP) is 1.44. The lowest BCUT2D eigenvalue weighted by molar-refractivity contribution is -0.305. The van der Waals surface area contributed by atoms with Crippen LogP contribution in [0.25, 0.3) is 0 Å². The maximum Gasteiger partial charge on any atom is 0.236 e. The van der Waals surface area contributed by atoms with E-state index in [0.29, 0.717) is 5.02 Å². The van der Waals surface area contributed by atoms with Gasteiger partial charge in [0.15, 0.2) is 0 Å². The molecule has 2 rings (SSSR count). The summed E-state index contributed by atoms with van der Waals surface area (Å²) >= 11 is 7.63. The Balaban J connectivity index is 2.25. The summed E-state index contributed by atoms with van der Waals surface area (Å²) < 4.78 is 0. The molecule has 0 bridgehead atoms. The van der Waals surface area contributed by atoms with Gasteiger partial charge in [0.25, 0.3) is 0 Å². The number of carbonyl (C=O) groups excluding carboxylic acids is 2. The fourth-order valence-corrected chi connectivity index (χ4v) is 3.68. The van der Waals surface area contributed by atoms with Crippen LogP contribution in [0.4, 0.5) is 0 Å². The molecule has 4 nitrogen and oxygen atoms in total. The zero-order valence-electron chi connectivity index (χ0n) is 10.3. The van der Waals surface area contributed by atoms with Crippen molar-refractivity contribution in [2.75, 3.05) is 6.54 Å². The molecule has 1 aliphatic heterocycles. The lowest BCUT2D eigenvalue weighted by Crippen LogP contribution is -2.35. The smallest absolute Gasteiger partial charge is 0.236 e. The minimum absolute atomic E-state index is 0.0591. The first-order chi connectivity index (χ1) is 9.00. The molecule has 1 aromatic rings. The highest BCUT2D eigenvalue weighted by molar-refractivity contribution is 8.01. The van der Waals surface area contributed by atoms with Crippen LogP contribution < -0.4 is 5.11 Å². The zero-order chi connectivity index (χ0) is 14.0. The van der Waals surface area contributed by atoms with E-state index in [-0.39, 0.29) is 29.5 Å². The fraction of sp³-hybridized carbons (Fsp3) is 0.385. The molecule has 19 heavy (non-hydrogen) atoms. The van der Waals surface area contributed by atoms with Crippen molar-refractivity contribution in [1.29, 1.82) is 0 Å². The van der Waals surface area contributed by atoms with Crippen molar-refractivity contribution in [3.8, 4) is 0 Å². The van der Waals surface area contributed by atoms with Crippen molar-refractivity contribution in [2.45, 2.75) is 24.0 Å². The molecule has 1 heterocycles. The van der Waals surface area contributed by atoms with Gasteiger partial charge in [-0.3, -0.25) is 4.79 Å². The van der Waals surface area contributed by atoms with Crippen molar-refractivity contribution in [2.24, 2.45) is 0 Å². The molecule has 1 amide bonds. The first kappa shape index (κ1) is 14.2. The molecule has 0 N–H and O–H groups in total. The van der Waals surface area contributed by atoms with E-state index in [4.69, 9.17) is 11.6 Å². The lowest BCUT2D eigenvalue weighted by atomic mass is 10.2. The Labute approximate surface area is 120 Å². The van der Waals surface area contributed by atoms with Gasteiger partial charge in [-0.2, -0.15) is 0 Å². The highest BCUT2D eigenvalue weighted by atomic mass is 35.5. The quantitative estimate of drug-likeness (QED) is 0.844. The van der Waals surface area contributed by atoms with Gasteiger partial charge in [-0.05, 0) is 13.0 Å². The minimum Gasteiger partial charge on any atom is -0.550 e. The van der Waals surface area contributed by atoms with Crippen LogP contribution in [0.3, 0.4) is 0 Å². The van der Waals surface area contributed by atoms with Crippen molar-refractivity contribution >= 4 is 35.2 Å². The third-order valence-corrected chi connectivity index (χ3v) is 4.70. The summed E-state index contributed by atoms with van der Waals surface area (Å²) in [5, 5.41) is 10.7. The number of nitrogens with zero attached hydrogens (tertiary/aromatic N) is 1. The molecule has 0 unspecified atom stereocenters. The third-order valence-electron chi connectivity index (χ3n) is 2.98. The second-order valence-electron chi connectivity index (χ2n) is 4.31. The second kappa shape index (κ2) is 5.84. The number of benzene rings is 1. The topological polar surface area (TPSA) is 60.4 Å². The fourth-order valence-electron chi connectivity index (χ4n) is 2.03. The number of hydrogen-bond donors (Lipinski definition) is 0. The number of carboxylic acids is 1. The number of amides is 1. The first-order valence-corrected chi connectivity index (χ1v) is 7.23. The van der Waals surface area contributed by atoms with Gasteiger partial charge < -0.3 is 14.8 Å². The summed E-state index contributed by atoms with van der Waals surface area (Å²) in [5.74, 6) is -1.22. The van der Waals surface area contributed by atoms with Gasteiger partial charge in [0.2, 0.25) is 5.91 Å². The maximum absolute atomic E-state index is 12.1. The van der Waals surface area contributed by atoms with Crippen molar-refractivity contribution < 1.29 is 14.7 Å². The summed E-state index contributed by atoms with van der Waals surface area (Å²) in [6.45, 7) is 1.96. The molecule has 1 saturated heterocycles. The number of aliphatic carboxylic acids is 1. The largest absolute Gasteiger partial charge is 0.550 e. The Kier molecular flexibility index (Phi) is 4.37. The Morgan fingerprint density at radius 1 is 1.47 bits per heavy atom. The number of hydrogen-bond acceptors (Lipinski definition) is 4. The van der Waals surface area contributed by atoms with E-state index in [1.165, 1.54) is 11.8 Å². The molecule has 0 aliphatic carbocycles. The molecule has 0 saturated carbocycles. The van der Waals surface area contributed by atoms with Crippen LogP contribution in [-0.2, 0) is 9.59 Å². The second-order valence-corrected chi connectivity index (χ2v) is 6.14. The van der Waals surface area contributed by atoms with E-state index in [2.05, 4.69) is 0 Å². The Bertz CT molecular complexity index is 508. The maximum atomic E-state index is 12.1. The molecule has 0 spiro atoms. The van der Waals surface area contributed by atoms with Crippen LogP contribution in [0.2, 0.25) is 5.02 Å². The molecular weight excluding hydrogens is 286 g/mol. The van der Waals surface area contributed by atoms with Crippen LogP contribution in [0, 0.1) is 0 Å². The Morgan fingerprint density at radius 2 is 2.16 bits per heavy atom. The summed E-state index contributed by atoms with van der Waals surface area (Å²) in [4.78, 5) is 24.2. The molecule has 6 heteroatoms. The van der Waals surface area contributed by atoms with Crippen LogP contribution in [0.5, 0.6) is 0 Å². The van der Waals surface area contributed by atoms with Gasteiger partial charge in [-0.15, -0.1) is 11.8 Å². The van der Waals surface area contributed by atoms with Crippen LogP contribution >= 0.6 is 23.4 Å². The van der Waals surface area contributed by atoms with Gasteiger partial charge >= 0.3 is 0 Å². The number of rotatable bonds is 4. The van der Waals surface area contributed by atoms with Crippen LogP contribution in [0.1, 0.15) is 24.3 Å². The monoisotopic (exact) mass is 298 g/mol. The average Bonchev–Trinajstić information content (AvgIpc) is 2.64. The number of halogens is 1. The van der Waals surface area contributed by atoms with Gasteiger partial charge in [-0.25, -0.2) is 0 Å². The predicted molar refractivity (Wildman–Crippen MR) is 72.6 cm³/mol. The standard InChI is InChI=1S/C13H14ClNO3S/c1-8-12(18)15(7-6-11(16)17)13(19-8)9-4-2-3-5-10(9)14/h2-5,8,13H,6-7H2,1H3,(H,16,17)/p-1/t8-,13+/m1/s1. The SMILES string of the molecule is C[C@H]1S[C@@H](c2ccccc2Cl)N(CCC(=O)[O-])C1=O.